The fraction of sp³-hybridized carbons (Fsp3) is 0. The first-order chi connectivity index (χ1) is 23.2. The molecule has 0 atom stereocenters. The van der Waals surface area contributed by atoms with Crippen molar-refractivity contribution in [3.05, 3.63) is 138 Å². The summed E-state index contributed by atoms with van der Waals surface area (Å²) in [6.45, 7) is 0. The molecule has 22 heteroatoms. The van der Waals surface area contributed by atoms with Crippen molar-refractivity contribution in [3.63, 3.8) is 0 Å². The number of nitrogens with zero attached hydrogens (tertiary/aromatic N) is 5. The van der Waals surface area contributed by atoms with Crippen LogP contribution in [0.2, 0.25) is 0 Å². The number of nitrogens with one attached hydrogen (secondary N) is 1. The Hall–Kier alpha value is -4.66. The number of aromatic nitrogens is 6. The van der Waals surface area contributed by atoms with Crippen LogP contribution < -0.4 is 5.43 Å². The van der Waals surface area contributed by atoms with E-state index in [-0.39, 0.29) is 24.9 Å². The van der Waals surface area contributed by atoms with E-state index in [4.69, 9.17) is 0 Å². The van der Waals surface area contributed by atoms with Gasteiger partial charge in [0.05, 0.1) is 45.6 Å². The van der Waals surface area contributed by atoms with Gasteiger partial charge in [-0.2, -0.15) is 0 Å². The molecule has 0 spiro atoms. The Morgan fingerprint density at radius 2 is 0.673 bits per heavy atom. The largest absolute Gasteiger partial charge is 2.00 e. The van der Waals surface area contributed by atoms with Crippen molar-refractivity contribution in [2.75, 3.05) is 0 Å². The standard InChI is InChI=1S/C15H11N3O.C15H11N3.2F6P.Ru/c19-11-9-14(12-5-1-3-7-16-12)18-15(10-11)13-6-2-4-8-17-13;1-3-10-16-12(6-1)14-8-5-9-15(18-14)13-7-2-4-11-17-13;2*1-7(2,3,4,5)6;/h1-10H,(H,18,19);1-11H;;;/q;;2*-1;+2. The van der Waals surface area contributed by atoms with E-state index in [2.05, 4.69) is 29.9 Å². The summed E-state index contributed by atoms with van der Waals surface area (Å²) in [6.07, 6.45) is 6.93. The fourth-order valence-electron chi connectivity index (χ4n) is 3.61. The molecular weight excluding hydrogens is 851 g/mol. The van der Waals surface area contributed by atoms with E-state index in [1.54, 1.807) is 24.8 Å². The zero-order chi connectivity index (χ0) is 38.1. The van der Waals surface area contributed by atoms with Gasteiger partial charge in [0.1, 0.15) is 0 Å². The molecule has 7 nitrogen and oxygen atoms in total. The summed E-state index contributed by atoms with van der Waals surface area (Å²) < 4.78 is 118. The van der Waals surface area contributed by atoms with Crippen LogP contribution >= 0.6 is 15.6 Å². The number of hydrogen-bond acceptors (Lipinski definition) is 6. The van der Waals surface area contributed by atoms with E-state index in [9.17, 15) is 55.2 Å². The van der Waals surface area contributed by atoms with Crippen molar-refractivity contribution in [1.82, 2.24) is 29.9 Å². The minimum absolute atomic E-state index is 0. The fourth-order valence-corrected chi connectivity index (χ4v) is 3.61. The maximum absolute atomic E-state index is 11.8. The van der Waals surface area contributed by atoms with Gasteiger partial charge in [-0.25, -0.2) is 4.98 Å². The topological polar surface area (TPSA) is 97.3 Å². The van der Waals surface area contributed by atoms with Gasteiger partial charge >= 0.3 is 85.5 Å². The van der Waals surface area contributed by atoms with Crippen molar-refractivity contribution < 1.29 is 69.8 Å². The monoisotopic (exact) mass is 874 g/mol. The zero-order valence-corrected chi connectivity index (χ0v) is 29.1. The number of halogens is 12. The third-order valence-electron chi connectivity index (χ3n) is 5.33. The molecule has 0 bridgehead atoms. The van der Waals surface area contributed by atoms with Crippen LogP contribution in [0.15, 0.2) is 133 Å². The maximum Gasteiger partial charge on any atom is 2.00 e. The first-order valence-electron chi connectivity index (χ1n) is 13.7. The molecular formula is C30H22F12N6OP2Ru. The summed E-state index contributed by atoms with van der Waals surface area (Å²) in [4.78, 5) is 36.6. The second-order valence-electron chi connectivity index (χ2n) is 9.83. The third-order valence-corrected chi connectivity index (χ3v) is 5.33. The first-order valence-corrected chi connectivity index (χ1v) is 17.7. The molecule has 6 rings (SSSR count). The normalized spacial score (nSPS) is 13.5. The summed E-state index contributed by atoms with van der Waals surface area (Å²) in [6, 6.07) is 31.7. The molecule has 0 saturated heterocycles. The van der Waals surface area contributed by atoms with E-state index in [1.165, 1.54) is 12.1 Å². The van der Waals surface area contributed by atoms with Crippen LogP contribution in [0.5, 0.6) is 0 Å². The van der Waals surface area contributed by atoms with E-state index >= 15 is 0 Å². The van der Waals surface area contributed by atoms with Gasteiger partial charge in [0.2, 0.25) is 0 Å². The first kappa shape index (κ1) is 43.5. The molecule has 6 aromatic rings. The maximum atomic E-state index is 11.8. The Balaban J connectivity index is 0.000000263. The molecule has 0 aromatic carbocycles. The Bertz CT molecular complexity index is 1930. The molecule has 6 heterocycles. The van der Waals surface area contributed by atoms with Gasteiger partial charge in [-0.15, -0.1) is 0 Å². The summed E-state index contributed by atoms with van der Waals surface area (Å²) in [5, 5.41) is 0. The van der Waals surface area contributed by atoms with Crippen molar-refractivity contribution in [2.45, 2.75) is 0 Å². The molecule has 0 radical (unpaired) electrons. The number of rotatable bonds is 4. The minimum Gasteiger partial charge on any atom is -0.352 e. The molecule has 280 valence electrons. The summed E-state index contributed by atoms with van der Waals surface area (Å²) in [5.74, 6) is 0. The molecule has 0 amide bonds. The van der Waals surface area contributed by atoms with Gasteiger partial charge < -0.3 is 4.98 Å². The Morgan fingerprint density at radius 3 is 0.942 bits per heavy atom. The molecule has 0 aliphatic rings. The second kappa shape index (κ2) is 15.1. The van der Waals surface area contributed by atoms with Crippen molar-refractivity contribution in [3.8, 4) is 45.6 Å². The molecule has 0 aliphatic heterocycles. The van der Waals surface area contributed by atoms with Crippen LogP contribution in [-0.4, -0.2) is 29.9 Å². The average Bonchev–Trinajstić information content (AvgIpc) is 3.04. The molecule has 0 unspecified atom stereocenters. The van der Waals surface area contributed by atoms with Gasteiger partial charge in [0.15, 0.2) is 5.43 Å². The van der Waals surface area contributed by atoms with Crippen LogP contribution in [-0.2, 0) is 19.5 Å². The average molecular weight is 874 g/mol. The predicted octanol–water partition coefficient (Wildman–Crippen LogP) is 12.5. The number of aromatic amines is 1. The van der Waals surface area contributed by atoms with Gasteiger partial charge in [0.25, 0.3) is 0 Å². The summed E-state index contributed by atoms with van der Waals surface area (Å²) in [7, 11) is -21.3. The minimum atomic E-state index is -10.7. The Kier molecular flexibility index (Phi) is 12.7. The van der Waals surface area contributed by atoms with Crippen molar-refractivity contribution >= 4 is 15.6 Å². The molecule has 0 saturated carbocycles. The van der Waals surface area contributed by atoms with E-state index < -0.39 is 15.6 Å². The van der Waals surface area contributed by atoms with E-state index in [0.717, 1.165) is 34.2 Å². The van der Waals surface area contributed by atoms with Crippen LogP contribution in [0.3, 0.4) is 0 Å². The third kappa shape index (κ3) is 20.9. The molecule has 6 aromatic heterocycles. The van der Waals surface area contributed by atoms with Crippen molar-refractivity contribution in [2.24, 2.45) is 0 Å². The van der Waals surface area contributed by atoms with Crippen LogP contribution in [0, 0.1) is 0 Å². The summed E-state index contributed by atoms with van der Waals surface area (Å²) >= 11 is 0. The molecule has 1 N–H and O–H groups in total. The van der Waals surface area contributed by atoms with Crippen LogP contribution in [0.25, 0.3) is 45.6 Å². The smallest absolute Gasteiger partial charge is 0.352 e. The van der Waals surface area contributed by atoms with Crippen molar-refractivity contribution in [1.29, 1.82) is 0 Å². The van der Waals surface area contributed by atoms with Crippen LogP contribution in [0.4, 0.5) is 50.4 Å². The molecule has 0 aliphatic carbocycles. The second-order valence-corrected chi connectivity index (χ2v) is 13.7. The SMILES string of the molecule is F[P-](F)(F)(F)(F)F.F[P-](F)(F)(F)(F)F.O=c1cc(-c2ccccn2)[nH]c(-c2ccccn2)c1.[Ru+2].c1ccc(-c2cccc(-c3ccccn3)n2)nc1. The van der Waals surface area contributed by atoms with Gasteiger partial charge in [-0.05, 0) is 60.7 Å². The Labute approximate surface area is 298 Å². The number of H-pyrrole nitrogens is 1. The van der Waals surface area contributed by atoms with Gasteiger partial charge in [-0.3, -0.25) is 24.7 Å². The zero-order valence-electron chi connectivity index (χ0n) is 25.6. The quantitative estimate of drug-likeness (QED) is 0.108. The predicted molar refractivity (Wildman–Crippen MR) is 171 cm³/mol. The van der Waals surface area contributed by atoms with Gasteiger partial charge in [0, 0.05) is 36.9 Å². The molecule has 52 heavy (non-hydrogen) atoms. The van der Waals surface area contributed by atoms with Gasteiger partial charge in [-0.1, -0.05) is 30.3 Å². The summed E-state index contributed by atoms with van der Waals surface area (Å²) in [5.41, 5.74) is 6.24. The van der Waals surface area contributed by atoms with E-state index in [1.807, 2.05) is 91.0 Å². The Morgan fingerprint density at radius 1 is 0.404 bits per heavy atom. The van der Waals surface area contributed by atoms with Crippen LogP contribution in [0.1, 0.15) is 0 Å². The van der Waals surface area contributed by atoms with E-state index in [0.29, 0.717) is 11.4 Å². The molecule has 0 fully saturated rings. The number of hydrogen-bond donors (Lipinski definition) is 1. The number of pyridine rings is 6.